The van der Waals surface area contributed by atoms with Gasteiger partial charge in [0.2, 0.25) is 0 Å². The fraction of sp³-hybridized carbons (Fsp3) is 0.625. The van der Waals surface area contributed by atoms with Gasteiger partial charge in [0.1, 0.15) is 0 Å². The minimum atomic E-state index is -2.43. The molecule has 20 heavy (non-hydrogen) atoms. The Bertz CT molecular complexity index is 428. The molecule has 4 heteroatoms. The Balaban J connectivity index is 1.82. The lowest BCUT2D eigenvalue weighted by Gasteiger charge is -2.35. The lowest BCUT2D eigenvalue weighted by molar-refractivity contribution is -0.00630. The molecular formula is C16H23F2NO. The molecule has 2 nitrogen and oxygen atoms in total. The van der Waals surface area contributed by atoms with Crippen LogP contribution in [0.5, 0.6) is 0 Å². The molecule has 0 aromatic heterocycles. The molecule has 0 atom stereocenters. The highest BCUT2D eigenvalue weighted by Crippen LogP contribution is 2.31. The summed E-state index contributed by atoms with van der Waals surface area (Å²) in [4.78, 5) is 0. The lowest BCUT2D eigenvalue weighted by Crippen LogP contribution is -2.43. The third-order valence-electron chi connectivity index (χ3n) is 4.19. The molecule has 0 spiro atoms. The molecule has 1 aliphatic carbocycles. The van der Waals surface area contributed by atoms with E-state index in [0.717, 1.165) is 31.2 Å². The van der Waals surface area contributed by atoms with Crippen LogP contribution in [0.1, 0.15) is 50.2 Å². The van der Waals surface area contributed by atoms with E-state index < -0.39 is 12.0 Å². The van der Waals surface area contributed by atoms with E-state index in [9.17, 15) is 13.9 Å². The molecule has 0 heterocycles. The third-order valence-corrected chi connectivity index (χ3v) is 4.19. The molecule has 0 aliphatic heterocycles. The van der Waals surface area contributed by atoms with Crippen LogP contribution in [0.25, 0.3) is 0 Å². The predicted molar refractivity (Wildman–Crippen MR) is 75.7 cm³/mol. The van der Waals surface area contributed by atoms with Crippen LogP contribution in [0.15, 0.2) is 24.3 Å². The van der Waals surface area contributed by atoms with E-state index in [2.05, 4.69) is 12.2 Å². The molecule has 1 fully saturated rings. The molecule has 1 aromatic carbocycles. The number of benzene rings is 1. The highest BCUT2D eigenvalue weighted by atomic mass is 19.3. The van der Waals surface area contributed by atoms with Crippen molar-refractivity contribution < 1.29 is 13.9 Å². The lowest BCUT2D eigenvalue weighted by atomic mass is 9.79. The molecule has 1 saturated carbocycles. The number of rotatable bonds is 5. The van der Waals surface area contributed by atoms with E-state index in [4.69, 9.17) is 0 Å². The zero-order chi connectivity index (χ0) is 14.6. The number of aliphatic hydroxyl groups is 1. The van der Waals surface area contributed by atoms with Crippen LogP contribution in [-0.2, 0) is 6.54 Å². The first-order valence-electron chi connectivity index (χ1n) is 7.29. The zero-order valence-electron chi connectivity index (χ0n) is 11.9. The maximum absolute atomic E-state index is 12.6. The number of alkyl halides is 2. The Kier molecular flexibility index (Phi) is 5.11. The van der Waals surface area contributed by atoms with Crippen molar-refractivity contribution in [2.24, 2.45) is 5.92 Å². The second-order valence-electron chi connectivity index (χ2n) is 6.06. The fourth-order valence-electron chi connectivity index (χ4n) is 2.75. The largest absolute Gasteiger partial charge is 0.389 e. The average molecular weight is 283 g/mol. The van der Waals surface area contributed by atoms with Crippen molar-refractivity contribution >= 4 is 0 Å². The number of halogens is 2. The SMILES string of the molecule is CC1CCC(O)(CNCc2cccc(C(F)F)c2)CC1. The van der Waals surface area contributed by atoms with Gasteiger partial charge in [-0.25, -0.2) is 8.78 Å². The standard InChI is InChI=1S/C16H23F2NO/c1-12-5-7-16(20,8-6-12)11-19-10-13-3-2-4-14(9-13)15(17)18/h2-4,9,12,15,19-20H,5-8,10-11H2,1H3. The van der Waals surface area contributed by atoms with Crippen molar-refractivity contribution in [1.29, 1.82) is 0 Å². The summed E-state index contributed by atoms with van der Waals surface area (Å²) in [5.41, 5.74) is 0.248. The van der Waals surface area contributed by atoms with Crippen LogP contribution in [-0.4, -0.2) is 17.3 Å². The van der Waals surface area contributed by atoms with Crippen LogP contribution >= 0.6 is 0 Å². The quantitative estimate of drug-likeness (QED) is 0.864. The first-order valence-corrected chi connectivity index (χ1v) is 7.29. The molecule has 2 rings (SSSR count). The molecule has 1 aromatic rings. The van der Waals surface area contributed by atoms with Crippen molar-refractivity contribution in [3.8, 4) is 0 Å². The van der Waals surface area contributed by atoms with Gasteiger partial charge in [-0.3, -0.25) is 0 Å². The Hall–Kier alpha value is -1.00. The smallest absolute Gasteiger partial charge is 0.263 e. The van der Waals surface area contributed by atoms with Gasteiger partial charge in [0, 0.05) is 18.7 Å². The van der Waals surface area contributed by atoms with Gasteiger partial charge in [-0.05, 0) is 43.2 Å². The van der Waals surface area contributed by atoms with E-state index in [-0.39, 0.29) is 5.56 Å². The van der Waals surface area contributed by atoms with Crippen LogP contribution in [0.3, 0.4) is 0 Å². The normalized spacial score (nSPS) is 26.9. The molecule has 0 bridgehead atoms. The summed E-state index contributed by atoms with van der Waals surface area (Å²) >= 11 is 0. The minimum absolute atomic E-state index is 0.0505. The van der Waals surface area contributed by atoms with Crippen LogP contribution in [0.4, 0.5) is 8.78 Å². The first kappa shape index (κ1) is 15.4. The number of hydrogen-bond donors (Lipinski definition) is 2. The molecule has 2 N–H and O–H groups in total. The second kappa shape index (κ2) is 6.64. The average Bonchev–Trinajstić information content (AvgIpc) is 2.43. The summed E-state index contributed by atoms with van der Waals surface area (Å²) in [6, 6.07) is 6.43. The maximum Gasteiger partial charge on any atom is 0.263 e. The summed E-state index contributed by atoms with van der Waals surface area (Å²) < 4.78 is 25.2. The molecule has 0 radical (unpaired) electrons. The third kappa shape index (κ3) is 4.25. The van der Waals surface area contributed by atoms with Gasteiger partial charge in [-0.15, -0.1) is 0 Å². The van der Waals surface area contributed by atoms with Crippen LogP contribution in [0, 0.1) is 5.92 Å². The van der Waals surface area contributed by atoms with E-state index in [1.807, 2.05) is 6.07 Å². The van der Waals surface area contributed by atoms with Gasteiger partial charge < -0.3 is 10.4 Å². The highest BCUT2D eigenvalue weighted by Gasteiger charge is 2.31. The molecule has 0 unspecified atom stereocenters. The van der Waals surface area contributed by atoms with Crippen molar-refractivity contribution in [2.45, 2.75) is 51.2 Å². The summed E-state index contributed by atoms with van der Waals surface area (Å²) in [5.74, 6) is 0.693. The fourth-order valence-corrected chi connectivity index (χ4v) is 2.75. The second-order valence-corrected chi connectivity index (χ2v) is 6.06. The van der Waals surface area contributed by atoms with Crippen molar-refractivity contribution in [3.63, 3.8) is 0 Å². The monoisotopic (exact) mass is 283 g/mol. The van der Waals surface area contributed by atoms with Crippen LogP contribution in [0.2, 0.25) is 0 Å². The summed E-state index contributed by atoms with van der Waals surface area (Å²) in [6.45, 7) is 3.25. The van der Waals surface area contributed by atoms with Gasteiger partial charge in [0.05, 0.1) is 5.60 Å². The number of hydrogen-bond acceptors (Lipinski definition) is 2. The van der Waals surface area contributed by atoms with Gasteiger partial charge in [0.15, 0.2) is 0 Å². The first-order chi connectivity index (χ1) is 9.48. The van der Waals surface area contributed by atoms with Crippen molar-refractivity contribution in [3.05, 3.63) is 35.4 Å². The van der Waals surface area contributed by atoms with E-state index in [1.165, 1.54) is 12.1 Å². The van der Waals surface area contributed by atoms with Gasteiger partial charge in [-0.1, -0.05) is 25.1 Å². The van der Waals surface area contributed by atoms with E-state index in [0.29, 0.717) is 19.0 Å². The molecule has 112 valence electrons. The van der Waals surface area contributed by atoms with E-state index in [1.54, 1.807) is 6.07 Å². The Labute approximate surface area is 119 Å². The molecule has 0 saturated heterocycles. The maximum atomic E-state index is 12.6. The van der Waals surface area contributed by atoms with Gasteiger partial charge in [0.25, 0.3) is 6.43 Å². The van der Waals surface area contributed by atoms with Gasteiger partial charge in [-0.2, -0.15) is 0 Å². The molecular weight excluding hydrogens is 260 g/mol. The Morgan fingerprint density at radius 2 is 2.05 bits per heavy atom. The van der Waals surface area contributed by atoms with Crippen molar-refractivity contribution in [1.82, 2.24) is 5.32 Å². The van der Waals surface area contributed by atoms with E-state index >= 15 is 0 Å². The molecule has 0 amide bonds. The van der Waals surface area contributed by atoms with Crippen molar-refractivity contribution in [2.75, 3.05) is 6.54 Å². The summed E-state index contributed by atoms with van der Waals surface area (Å²) in [7, 11) is 0. The highest BCUT2D eigenvalue weighted by molar-refractivity contribution is 5.24. The Morgan fingerprint density at radius 1 is 1.35 bits per heavy atom. The summed E-state index contributed by atoms with van der Waals surface area (Å²) in [5, 5.41) is 13.6. The summed E-state index contributed by atoms with van der Waals surface area (Å²) in [6.07, 6.45) is 1.31. The zero-order valence-corrected chi connectivity index (χ0v) is 11.9. The molecule has 1 aliphatic rings. The predicted octanol–water partition coefficient (Wildman–Crippen LogP) is 3.66. The van der Waals surface area contributed by atoms with Gasteiger partial charge >= 0.3 is 0 Å². The van der Waals surface area contributed by atoms with Crippen LogP contribution < -0.4 is 5.32 Å². The minimum Gasteiger partial charge on any atom is -0.389 e. The topological polar surface area (TPSA) is 32.3 Å². The number of nitrogens with one attached hydrogen (secondary N) is 1. The Morgan fingerprint density at radius 3 is 2.70 bits per heavy atom.